The Morgan fingerprint density at radius 3 is 3.05 bits per heavy atom. The number of hydrogen-bond acceptors (Lipinski definition) is 4. The monoisotopic (exact) mass is 277 g/mol. The molecule has 0 radical (unpaired) electrons. The maximum Gasteiger partial charge on any atom is 0.150 e. The summed E-state index contributed by atoms with van der Waals surface area (Å²) >= 11 is 0. The Balaban J connectivity index is 2.13. The summed E-state index contributed by atoms with van der Waals surface area (Å²) in [5.74, 6) is -0.119. The standard InChI is InChI=1S/C15H20FN3O/c1-10(9-20)4-2-6-19-15-12(16)8-13(17)11-5-3-7-18-14(11)15/h3,5,7-8,10,19-20H,2,4,6,9,17H2,1H3. The second-order valence-electron chi connectivity index (χ2n) is 5.08. The highest BCUT2D eigenvalue weighted by atomic mass is 19.1. The molecule has 1 heterocycles. The Bertz CT molecular complexity index is 589. The van der Waals surface area contributed by atoms with Crippen LogP contribution in [0, 0.1) is 11.7 Å². The van der Waals surface area contributed by atoms with E-state index in [4.69, 9.17) is 10.8 Å². The number of nitrogens with two attached hydrogens (primary N) is 1. The molecule has 0 fully saturated rings. The van der Waals surface area contributed by atoms with E-state index in [-0.39, 0.29) is 18.3 Å². The number of aliphatic hydroxyl groups is 1. The predicted molar refractivity (Wildman–Crippen MR) is 80.1 cm³/mol. The molecule has 0 spiro atoms. The second kappa shape index (κ2) is 6.52. The Hall–Kier alpha value is -1.88. The molecule has 4 N–H and O–H groups in total. The maximum atomic E-state index is 14.0. The minimum Gasteiger partial charge on any atom is -0.398 e. The van der Waals surface area contributed by atoms with Crippen molar-refractivity contribution >= 4 is 22.3 Å². The van der Waals surface area contributed by atoms with Gasteiger partial charge in [0.15, 0.2) is 5.82 Å². The molecule has 0 amide bonds. The molecule has 0 saturated heterocycles. The Labute approximate surface area is 117 Å². The number of nitrogens with one attached hydrogen (secondary N) is 1. The number of pyridine rings is 1. The van der Waals surface area contributed by atoms with Crippen molar-refractivity contribution in [1.82, 2.24) is 4.98 Å². The molecule has 108 valence electrons. The molecule has 0 aliphatic rings. The smallest absolute Gasteiger partial charge is 0.150 e. The fourth-order valence-corrected chi connectivity index (χ4v) is 2.16. The molecule has 2 aromatic rings. The van der Waals surface area contributed by atoms with E-state index in [0.29, 0.717) is 23.4 Å². The van der Waals surface area contributed by atoms with Crippen LogP contribution in [-0.2, 0) is 0 Å². The quantitative estimate of drug-likeness (QED) is 0.561. The van der Waals surface area contributed by atoms with Gasteiger partial charge >= 0.3 is 0 Å². The molecule has 1 unspecified atom stereocenters. The average molecular weight is 277 g/mol. The zero-order valence-electron chi connectivity index (χ0n) is 11.6. The van der Waals surface area contributed by atoms with Crippen molar-refractivity contribution in [3.8, 4) is 0 Å². The Kier molecular flexibility index (Phi) is 4.74. The summed E-state index contributed by atoms with van der Waals surface area (Å²) in [7, 11) is 0. The van der Waals surface area contributed by atoms with Crippen LogP contribution < -0.4 is 11.1 Å². The molecule has 1 aromatic heterocycles. The third-order valence-corrected chi connectivity index (χ3v) is 3.36. The second-order valence-corrected chi connectivity index (χ2v) is 5.08. The molecule has 0 bridgehead atoms. The highest BCUT2D eigenvalue weighted by molar-refractivity contribution is 5.98. The van der Waals surface area contributed by atoms with E-state index in [1.54, 1.807) is 12.3 Å². The van der Waals surface area contributed by atoms with E-state index in [1.807, 2.05) is 13.0 Å². The molecule has 2 rings (SSSR count). The van der Waals surface area contributed by atoms with Crippen molar-refractivity contribution in [3.63, 3.8) is 0 Å². The zero-order valence-corrected chi connectivity index (χ0v) is 11.6. The number of aliphatic hydroxyl groups excluding tert-OH is 1. The largest absolute Gasteiger partial charge is 0.398 e. The van der Waals surface area contributed by atoms with Gasteiger partial charge in [-0.1, -0.05) is 6.92 Å². The first-order chi connectivity index (χ1) is 9.63. The van der Waals surface area contributed by atoms with Crippen molar-refractivity contribution in [3.05, 3.63) is 30.2 Å². The summed E-state index contributed by atoms with van der Waals surface area (Å²) in [6.07, 6.45) is 3.38. The van der Waals surface area contributed by atoms with Gasteiger partial charge < -0.3 is 16.2 Å². The van der Waals surface area contributed by atoms with Gasteiger partial charge in [-0.25, -0.2) is 4.39 Å². The van der Waals surface area contributed by atoms with Crippen LogP contribution in [0.25, 0.3) is 10.9 Å². The van der Waals surface area contributed by atoms with Crippen LogP contribution in [0.4, 0.5) is 15.8 Å². The number of nitrogens with zero attached hydrogens (tertiary/aromatic N) is 1. The van der Waals surface area contributed by atoms with Gasteiger partial charge in [0.2, 0.25) is 0 Å². The third kappa shape index (κ3) is 3.17. The zero-order chi connectivity index (χ0) is 14.5. The van der Waals surface area contributed by atoms with Crippen molar-refractivity contribution in [2.45, 2.75) is 19.8 Å². The molecule has 0 aliphatic carbocycles. The average Bonchev–Trinajstić information content (AvgIpc) is 2.46. The Morgan fingerprint density at radius 2 is 2.30 bits per heavy atom. The summed E-state index contributed by atoms with van der Waals surface area (Å²) < 4.78 is 14.0. The number of halogens is 1. The van der Waals surface area contributed by atoms with Crippen molar-refractivity contribution in [1.29, 1.82) is 0 Å². The Morgan fingerprint density at radius 1 is 1.50 bits per heavy atom. The van der Waals surface area contributed by atoms with E-state index >= 15 is 0 Å². The molecule has 0 saturated carbocycles. The fourth-order valence-electron chi connectivity index (χ4n) is 2.16. The van der Waals surface area contributed by atoms with Gasteiger partial charge in [-0.3, -0.25) is 4.98 Å². The molecule has 1 aromatic carbocycles. The van der Waals surface area contributed by atoms with E-state index in [0.717, 1.165) is 18.2 Å². The van der Waals surface area contributed by atoms with E-state index in [2.05, 4.69) is 10.3 Å². The SMILES string of the molecule is CC(CO)CCCNc1c(F)cc(N)c2cccnc12. The number of hydrogen-bond donors (Lipinski definition) is 3. The number of nitrogen functional groups attached to an aromatic ring is 1. The van der Waals surface area contributed by atoms with Gasteiger partial charge in [-0.15, -0.1) is 0 Å². The van der Waals surface area contributed by atoms with Gasteiger partial charge in [0.1, 0.15) is 0 Å². The number of fused-ring (bicyclic) bond motifs is 1. The van der Waals surface area contributed by atoms with Gasteiger partial charge in [-0.05, 0) is 37.0 Å². The highest BCUT2D eigenvalue weighted by Gasteiger charge is 2.11. The van der Waals surface area contributed by atoms with Crippen LogP contribution in [-0.4, -0.2) is 23.2 Å². The fraction of sp³-hybridized carbons (Fsp3) is 0.400. The van der Waals surface area contributed by atoms with Crippen LogP contribution in [0.3, 0.4) is 0 Å². The van der Waals surface area contributed by atoms with Crippen LogP contribution in [0.2, 0.25) is 0 Å². The van der Waals surface area contributed by atoms with Gasteiger partial charge in [0.05, 0.1) is 11.2 Å². The molecular formula is C15H20FN3O. The van der Waals surface area contributed by atoms with E-state index < -0.39 is 0 Å². The maximum absolute atomic E-state index is 14.0. The van der Waals surface area contributed by atoms with Crippen molar-refractivity contribution in [2.24, 2.45) is 5.92 Å². The number of benzene rings is 1. The van der Waals surface area contributed by atoms with Crippen molar-refractivity contribution < 1.29 is 9.50 Å². The summed E-state index contributed by atoms with van der Waals surface area (Å²) in [6, 6.07) is 4.93. The number of rotatable bonds is 6. The van der Waals surface area contributed by atoms with Crippen LogP contribution in [0.1, 0.15) is 19.8 Å². The van der Waals surface area contributed by atoms with Crippen molar-refractivity contribution in [2.75, 3.05) is 24.2 Å². The molecular weight excluding hydrogens is 257 g/mol. The highest BCUT2D eigenvalue weighted by Crippen LogP contribution is 2.29. The lowest BCUT2D eigenvalue weighted by molar-refractivity contribution is 0.229. The van der Waals surface area contributed by atoms with Crippen LogP contribution in [0.15, 0.2) is 24.4 Å². The predicted octanol–water partition coefficient (Wildman–Crippen LogP) is 2.78. The first-order valence-electron chi connectivity index (χ1n) is 6.81. The molecule has 0 aliphatic heterocycles. The summed E-state index contributed by atoms with van der Waals surface area (Å²) in [4.78, 5) is 4.21. The lowest BCUT2D eigenvalue weighted by atomic mass is 10.1. The third-order valence-electron chi connectivity index (χ3n) is 3.36. The lowest BCUT2D eigenvalue weighted by Crippen LogP contribution is -2.08. The van der Waals surface area contributed by atoms with E-state index in [9.17, 15) is 4.39 Å². The summed E-state index contributed by atoms with van der Waals surface area (Å²) in [5, 5.41) is 12.8. The summed E-state index contributed by atoms with van der Waals surface area (Å²) in [5.41, 5.74) is 7.15. The minimum absolute atomic E-state index is 0.181. The number of anilines is 2. The molecule has 4 nitrogen and oxygen atoms in total. The first-order valence-corrected chi connectivity index (χ1v) is 6.81. The number of aromatic nitrogens is 1. The topological polar surface area (TPSA) is 71.2 Å². The van der Waals surface area contributed by atoms with Gasteiger partial charge in [-0.2, -0.15) is 0 Å². The molecule has 1 atom stereocenters. The summed E-state index contributed by atoms with van der Waals surface area (Å²) in [6.45, 7) is 2.80. The minimum atomic E-state index is -0.385. The normalized spacial score (nSPS) is 12.6. The van der Waals surface area contributed by atoms with Gasteiger partial charge in [0, 0.05) is 30.4 Å². The van der Waals surface area contributed by atoms with E-state index in [1.165, 1.54) is 6.07 Å². The first kappa shape index (κ1) is 14.5. The molecule has 5 heteroatoms. The van der Waals surface area contributed by atoms with Gasteiger partial charge in [0.25, 0.3) is 0 Å². The van der Waals surface area contributed by atoms with Crippen LogP contribution in [0.5, 0.6) is 0 Å². The molecule has 20 heavy (non-hydrogen) atoms. The van der Waals surface area contributed by atoms with Crippen LogP contribution >= 0.6 is 0 Å². The lowest BCUT2D eigenvalue weighted by Gasteiger charge is -2.13.